The molecule has 1 fully saturated rings. The smallest absolute Gasteiger partial charge is 0.338 e. The summed E-state index contributed by atoms with van der Waals surface area (Å²) in [6, 6.07) is 9.09. The molecule has 0 saturated heterocycles. The summed E-state index contributed by atoms with van der Waals surface area (Å²) in [6.07, 6.45) is 3.09. The predicted octanol–water partition coefficient (Wildman–Crippen LogP) is 4.78. The van der Waals surface area contributed by atoms with E-state index in [2.05, 4.69) is 9.36 Å². The summed E-state index contributed by atoms with van der Waals surface area (Å²) in [7, 11) is 0. The van der Waals surface area contributed by atoms with Crippen LogP contribution in [0.2, 0.25) is 0 Å². The van der Waals surface area contributed by atoms with Crippen molar-refractivity contribution in [2.45, 2.75) is 25.9 Å². The van der Waals surface area contributed by atoms with Crippen LogP contribution in [0.15, 0.2) is 42.6 Å². The summed E-state index contributed by atoms with van der Waals surface area (Å²) in [5.74, 6) is -1.37. The number of ether oxygens (including phenoxy) is 1. The number of nitrogens with zero attached hydrogens (tertiary/aromatic N) is 2. The Morgan fingerprint density at radius 1 is 1.24 bits per heavy atom. The van der Waals surface area contributed by atoms with E-state index in [1.54, 1.807) is 18.2 Å². The predicted molar refractivity (Wildman–Crippen MR) is 105 cm³/mol. The summed E-state index contributed by atoms with van der Waals surface area (Å²) in [6.45, 7) is 1.86. The maximum absolute atomic E-state index is 13.9. The first kappa shape index (κ1) is 19.2. The maximum atomic E-state index is 13.9. The molecule has 1 aliphatic rings. The third-order valence-electron chi connectivity index (χ3n) is 4.67. The summed E-state index contributed by atoms with van der Waals surface area (Å²) < 4.78 is 24.1. The third-order valence-corrected chi connectivity index (χ3v) is 5.62. The van der Waals surface area contributed by atoms with E-state index in [9.17, 15) is 14.0 Å². The zero-order chi connectivity index (χ0) is 20.5. The van der Waals surface area contributed by atoms with Crippen molar-refractivity contribution in [2.24, 2.45) is 5.92 Å². The van der Waals surface area contributed by atoms with Crippen LogP contribution >= 0.6 is 11.5 Å². The van der Waals surface area contributed by atoms with Gasteiger partial charge in [0.05, 0.1) is 22.3 Å². The first-order valence-corrected chi connectivity index (χ1v) is 9.86. The summed E-state index contributed by atoms with van der Waals surface area (Å²) in [5.41, 5.74) is 1.11. The molecule has 0 bridgehead atoms. The summed E-state index contributed by atoms with van der Waals surface area (Å²) >= 11 is 1.22. The first-order valence-electron chi connectivity index (χ1n) is 9.09. The number of halogens is 1. The van der Waals surface area contributed by atoms with Gasteiger partial charge in [0, 0.05) is 11.5 Å². The van der Waals surface area contributed by atoms with Gasteiger partial charge in [0.2, 0.25) is 0 Å². The van der Waals surface area contributed by atoms with Gasteiger partial charge in [-0.05, 0) is 61.6 Å². The Bertz CT molecular complexity index is 1080. The van der Waals surface area contributed by atoms with Gasteiger partial charge in [-0.1, -0.05) is 6.07 Å². The number of Topliss-reactive ketones (excluding diaryl/α,β-unsaturated/α-hetero) is 1. The number of hydrogen-bond acceptors (Lipinski definition) is 6. The van der Waals surface area contributed by atoms with Crippen molar-refractivity contribution in [3.63, 3.8) is 0 Å². The van der Waals surface area contributed by atoms with Crippen molar-refractivity contribution in [3.05, 3.63) is 64.5 Å². The van der Waals surface area contributed by atoms with Crippen molar-refractivity contribution >= 4 is 23.3 Å². The van der Waals surface area contributed by atoms with Crippen molar-refractivity contribution in [2.75, 3.05) is 0 Å². The largest absolute Gasteiger partial charge is 0.484 e. The second kappa shape index (κ2) is 7.71. The number of aromatic carboxylic acids is 1. The molecule has 0 spiro atoms. The fourth-order valence-corrected chi connectivity index (χ4v) is 3.60. The maximum Gasteiger partial charge on any atom is 0.338 e. The Kier molecular flexibility index (Phi) is 5.10. The second-order valence-corrected chi connectivity index (χ2v) is 7.73. The zero-order valence-electron chi connectivity index (χ0n) is 15.5. The quantitative estimate of drug-likeness (QED) is 0.562. The number of aromatic nitrogens is 2. The normalized spacial score (nSPS) is 14.4. The lowest BCUT2D eigenvalue weighted by molar-refractivity contribution is 0.0691. The van der Waals surface area contributed by atoms with Gasteiger partial charge < -0.3 is 9.84 Å². The van der Waals surface area contributed by atoms with E-state index in [0.29, 0.717) is 22.7 Å². The molecule has 1 saturated carbocycles. The Hall–Kier alpha value is -3.13. The third kappa shape index (κ3) is 4.17. The van der Waals surface area contributed by atoms with Gasteiger partial charge in [-0.3, -0.25) is 4.79 Å². The zero-order valence-corrected chi connectivity index (χ0v) is 16.3. The molecule has 2 aromatic heterocycles. The molecule has 1 unspecified atom stereocenters. The number of hydrogen-bond donors (Lipinski definition) is 1. The van der Waals surface area contributed by atoms with Crippen LogP contribution in [-0.4, -0.2) is 26.2 Å². The van der Waals surface area contributed by atoms with Crippen molar-refractivity contribution in [1.82, 2.24) is 9.36 Å². The van der Waals surface area contributed by atoms with Gasteiger partial charge in [-0.25, -0.2) is 14.2 Å². The lowest BCUT2D eigenvalue weighted by atomic mass is 10.1. The SMILES string of the molecule is CC(Oc1ccc(C(=O)C2CC2)nc1)c1cc(-c2ccc(C(=O)O)c(F)c2)ns1. The van der Waals surface area contributed by atoms with Crippen LogP contribution in [0.3, 0.4) is 0 Å². The molecule has 1 aliphatic carbocycles. The number of ketones is 1. The molecule has 0 amide bonds. The summed E-state index contributed by atoms with van der Waals surface area (Å²) in [5, 5.41) is 8.93. The van der Waals surface area contributed by atoms with E-state index < -0.39 is 11.8 Å². The molecular formula is C21H17FN2O4S. The molecule has 2 heterocycles. The average Bonchev–Trinajstić information content (AvgIpc) is 3.43. The van der Waals surface area contributed by atoms with Gasteiger partial charge in [-0.15, -0.1) is 0 Å². The Balaban J connectivity index is 1.45. The van der Waals surface area contributed by atoms with E-state index in [1.165, 1.54) is 29.9 Å². The number of benzene rings is 1. The van der Waals surface area contributed by atoms with E-state index >= 15 is 0 Å². The van der Waals surface area contributed by atoms with Gasteiger partial charge in [0.1, 0.15) is 23.4 Å². The molecule has 1 aromatic carbocycles. The fourth-order valence-electron chi connectivity index (χ4n) is 2.88. The highest BCUT2D eigenvalue weighted by atomic mass is 32.1. The van der Waals surface area contributed by atoms with Crippen LogP contribution in [0.5, 0.6) is 5.75 Å². The van der Waals surface area contributed by atoms with E-state index in [-0.39, 0.29) is 23.4 Å². The number of pyridine rings is 1. The van der Waals surface area contributed by atoms with Crippen LogP contribution in [0.25, 0.3) is 11.3 Å². The minimum absolute atomic E-state index is 0.0813. The topological polar surface area (TPSA) is 89.4 Å². The van der Waals surface area contributed by atoms with E-state index in [4.69, 9.17) is 9.84 Å². The highest BCUT2D eigenvalue weighted by molar-refractivity contribution is 7.06. The Labute approximate surface area is 170 Å². The van der Waals surface area contributed by atoms with E-state index in [0.717, 1.165) is 23.8 Å². The van der Waals surface area contributed by atoms with Crippen LogP contribution in [0.4, 0.5) is 4.39 Å². The van der Waals surface area contributed by atoms with Crippen molar-refractivity contribution < 1.29 is 23.8 Å². The number of rotatable bonds is 7. The Morgan fingerprint density at radius 3 is 2.66 bits per heavy atom. The highest BCUT2D eigenvalue weighted by Crippen LogP contribution is 2.33. The molecule has 0 radical (unpaired) electrons. The second-order valence-electron chi connectivity index (χ2n) is 6.89. The molecule has 148 valence electrons. The molecule has 3 aromatic rings. The lowest BCUT2D eigenvalue weighted by Gasteiger charge is -2.12. The standard InChI is InChI=1S/C21H17FN2O4S/c1-11(28-14-5-7-17(23-10-14)20(25)12-2-3-12)19-9-18(24-29-19)13-4-6-15(21(26)27)16(22)8-13/h4-12H,2-3H2,1H3,(H,26,27). The molecule has 1 N–H and O–H groups in total. The van der Waals surface area contributed by atoms with E-state index in [1.807, 2.05) is 6.92 Å². The highest BCUT2D eigenvalue weighted by Gasteiger charge is 2.31. The molecule has 0 aliphatic heterocycles. The monoisotopic (exact) mass is 412 g/mol. The first-order chi connectivity index (χ1) is 13.9. The van der Waals surface area contributed by atoms with Crippen LogP contribution < -0.4 is 4.74 Å². The molecular weight excluding hydrogens is 395 g/mol. The minimum Gasteiger partial charge on any atom is -0.484 e. The van der Waals surface area contributed by atoms with Gasteiger partial charge in [0.25, 0.3) is 0 Å². The van der Waals surface area contributed by atoms with Crippen LogP contribution in [-0.2, 0) is 0 Å². The van der Waals surface area contributed by atoms with Crippen LogP contribution in [0, 0.1) is 11.7 Å². The number of carboxylic acids is 1. The summed E-state index contributed by atoms with van der Waals surface area (Å²) in [4.78, 5) is 28.0. The van der Waals surface area contributed by atoms with Gasteiger partial charge in [-0.2, -0.15) is 4.37 Å². The molecule has 4 rings (SSSR count). The van der Waals surface area contributed by atoms with Gasteiger partial charge >= 0.3 is 5.97 Å². The molecule has 8 heteroatoms. The van der Waals surface area contributed by atoms with Crippen molar-refractivity contribution in [3.8, 4) is 17.0 Å². The van der Waals surface area contributed by atoms with Crippen molar-refractivity contribution in [1.29, 1.82) is 0 Å². The Morgan fingerprint density at radius 2 is 2.03 bits per heavy atom. The number of carbonyl (C=O) groups excluding carboxylic acids is 1. The minimum atomic E-state index is -1.31. The molecule has 29 heavy (non-hydrogen) atoms. The van der Waals surface area contributed by atoms with Gasteiger partial charge in [0.15, 0.2) is 5.78 Å². The van der Waals surface area contributed by atoms with Crippen LogP contribution in [0.1, 0.15) is 51.6 Å². The average molecular weight is 412 g/mol. The molecule has 6 nitrogen and oxygen atoms in total. The fraction of sp³-hybridized carbons (Fsp3) is 0.238. The molecule has 1 atom stereocenters. The lowest BCUT2D eigenvalue weighted by Crippen LogP contribution is -2.05. The number of carbonyl (C=O) groups is 2. The number of carboxylic acid groups (broad SMARTS) is 1.